The summed E-state index contributed by atoms with van der Waals surface area (Å²) in [7, 11) is 1.80. The molecule has 0 saturated carbocycles. The van der Waals surface area contributed by atoms with Crippen LogP contribution in [0.5, 0.6) is 5.88 Å². The summed E-state index contributed by atoms with van der Waals surface area (Å²) in [6, 6.07) is 0. The lowest BCUT2D eigenvalue weighted by Crippen LogP contribution is -1.98. The molecule has 0 aromatic carbocycles. The maximum atomic E-state index is 9.87. The molecule has 0 aliphatic rings. The predicted molar refractivity (Wildman–Crippen MR) is 62.0 cm³/mol. The van der Waals surface area contributed by atoms with Gasteiger partial charge in [-0.3, -0.25) is 0 Å². The minimum Gasteiger partial charge on any atom is -0.493 e. The van der Waals surface area contributed by atoms with Crippen LogP contribution in [-0.4, -0.2) is 14.9 Å². The topological polar surface area (TPSA) is 38.0 Å². The standard InChI is InChI=1S/C12H22N2O/c1-5-6-7-11-10(8-9(2)3)12(15)14(4)13-11/h9,15H,5-8H2,1-4H3. The van der Waals surface area contributed by atoms with E-state index in [0.717, 1.165) is 30.5 Å². The Balaban J connectivity index is 2.88. The molecule has 15 heavy (non-hydrogen) atoms. The first kappa shape index (κ1) is 12.1. The monoisotopic (exact) mass is 210 g/mol. The van der Waals surface area contributed by atoms with Crippen molar-refractivity contribution in [2.45, 2.75) is 46.5 Å². The zero-order valence-corrected chi connectivity index (χ0v) is 10.2. The number of aromatic nitrogens is 2. The summed E-state index contributed by atoms with van der Waals surface area (Å²) in [5.74, 6) is 0.898. The smallest absolute Gasteiger partial charge is 0.212 e. The van der Waals surface area contributed by atoms with Gasteiger partial charge in [0.25, 0.3) is 0 Å². The fraction of sp³-hybridized carbons (Fsp3) is 0.750. The highest BCUT2D eigenvalue weighted by molar-refractivity contribution is 5.31. The number of rotatable bonds is 5. The van der Waals surface area contributed by atoms with E-state index < -0.39 is 0 Å². The number of hydrogen-bond acceptors (Lipinski definition) is 2. The summed E-state index contributed by atoms with van der Waals surface area (Å²) in [6.45, 7) is 6.50. The zero-order valence-electron chi connectivity index (χ0n) is 10.2. The average molecular weight is 210 g/mol. The molecule has 0 unspecified atom stereocenters. The van der Waals surface area contributed by atoms with Crippen molar-refractivity contribution in [3.8, 4) is 5.88 Å². The van der Waals surface area contributed by atoms with Gasteiger partial charge in [-0.2, -0.15) is 5.10 Å². The molecule has 0 aliphatic heterocycles. The number of hydrogen-bond donors (Lipinski definition) is 1. The largest absolute Gasteiger partial charge is 0.493 e. The second-order valence-corrected chi connectivity index (χ2v) is 4.57. The lowest BCUT2D eigenvalue weighted by molar-refractivity contribution is 0.411. The highest BCUT2D eigenvalue weighted by Crippen LogP contribution is 2.24. The summed E-state index contributed by atoms with van der Waals surface area (Å²) in [4.78, 5) is 0. The van der Waals surface area contributed by atoms with E-state index in [1.807, 2.05) is 0 Å². The third kappa shape index (κ3) is 2.98. The third-order valence-corrected chi connectivity index (χ3v) is 2.58. The van der Waals surface area contributed by atoms with Gasteiger partial charge < -0.3 is 5.11 Å². The number of aryl methyl sites for hydroxylation is 2. The molecule has 0 radical (unpaired) electrons. The van der Waals surface area contributed by atoms with Gasteiger partial charge in [0.15, 0.2) is 0 Å². The first-order valence-electron chi connectivity index (χ1n) is 5.80. The van der Waals surface area contributed by atoms with E-state index in [2.05, 4.69) is 25.9 Å². The van der Waals surface area contributed by atoms with Gasteiger partial charge in [0.05, 0.1) is 5.69 Å². The molecule has 3 heteroatoms. The summed E-state index contributed by atoms with van der Waals surface area (Å²) in [6.07, 6.45) is 4.20. The van der Waals surface area contributed by atoms with Gasteiger partial charge >= 0.3 is 0 Å². The summed E-state index contributed by atoms with van der Waals surface area (Å²) in [5, 5.41) is 14.2. The van der Waals surface area contributed by atoms with Gasteiger partial charge in [0, 0.05) is 12.6 Å². The van der Waals surface area contributed by atoms with E-state index in [1.54, 1.807) is 11.7 Å². The van der Waals surface area contributed by atoms with Crippen molar-refractivity contribution in [3.05, 3.63) is 11.3 Å². The van der Waals surface area contributed by atoms with Crippen LogP contribution in [0.25, 0.3) is 0 Å². The van der Waals surface area contributed by atoms with E-state index >= 15 is 0 Å². The van der Waals surface area contributed by atoms with E-state index in [1.165, 1.54) is 6.42 Å². The molecule has 0 fully saturated rings. The quantitative estimate of drug-likeness (QED) is 0.811. The first-order chi connectivity index (χ1) is 7.06. The Morgan fingerprint density at radius 1 is 1.40 bits per heavy atom. The normalized spacial score (nSPS) is 11.3. The van der Waals surface area contributed by atoms with E-state index in [4.69, 9.17) is 0 Å². The van der Waals surface area contributed by atoms with Crippen molar-refractivity contribution in [1.82, 2.24) is 9.78 Å². The van der Waals surface area contributed by atoms with Gasteiger partial charge in [-0.05, 0) is 25.2 Å². The van der Waals surface area contributed by atoms with Crippen LogP contribution in [0.2, 0.25) is 0 Å². The second kappa shape index (κ2) is 5.19. The SMILES string of the molecule is CCCCc1nn(C)c(O)c1CC(C)C. The van der Waals surface area contributed by atoms with Gasteiger partial charge in [0.2, 0.25) is 5.88 Å². The molecule has 0 aliphatic carbocycles. The molecule has 0 saturated heterocycles. The third-order valence-electron chi connectivity index (χ3n) is 2.58. The van der Waals surface area contributed by atoms with Crippen LogP contribution in [0.15, 0.2) is 0 Å². The van der Waals surface area contributed by atoms with Crippen molar-refractivity contribution < 1.29 is 5.11 Å². The Kier molecular flexibility index (Phi) is 4.18. The van der Waals surface area contributed by atoms with Gasteiger partial charge in [-0.1, -0.05) is 27.2 Å². The van der Waals surface area contributed by atoms with E-state index in [0.29, 0.717) is 11.8 Å². The Morgan fingerprint density at radius 2 is 2.07 bits per heavy atom. The number of nitrogens with zero attached hydrogens (tertiary/aromatic N) is 2. The van der Waals surface area contributed by atoms with E-state index in [9.17, 15) is 5.11 Å². The number of aromatic hydroxyl groups is 1. The van der Waals surface area contributed by atoms with Crippen molar-refractivity contribution >= 4 is 0 Å². The summed E-state index contributed by atoms with van der Waals surface area (Å²) in [5.41, 5.74) is 2.12. The van der Waals surface area contributed by atoms with Crippen LogP contribution in [0.3, 0.4) is 0 Å². The molecule has 0 amide bonds. The fourth-order valence-electron chi connectivity index (χ4n) is 1.78. The molecule has 1 aromatic heterocycles. The van der Waals surface area contributed by atoms with E-state index in [-0.39, 0.29) is 0 Å². The Bertz CT molecular complexity index is 316. The van der Waals surface area contributed by atoms with Crippen LogP contribution in [0.4, 0.5) is 0 Å². The molecular weight excluding hydrogens is 188 g/mol. The second-order valence-electron chi connectivity index (χ2n) is 4.57. The molecule has 0 bridgehead atoms. The molecule has 1 rings (SSSR count). The van der Waals surface area contributed by atoms with Crippen LogP contribution >= 0.6 is 0 Å². The fourth-order valence-corrected chi connectivity index (χ4v) is 1.78. The van der Waals surface area contributed by atoms with Crippen LogP contribution in [0, 0.1) is 5.92 Å². The highest BCUT2D eigenvalue weighted by Gasteiger charge is 2.15. The van der Waals surface area contributed by atoms with Crippen molar-refractivity contribution in [1.29, 1.82) is 0 Å². The van der Waals surface area contributed by atoms with Gasteiger partial charge in [0.1, 0.15) is 0 Å². The van der Waals surface area contributed by atoms with Crippen LogP contribution in [0.1, 0.15) is 44.9 Å². The van der Waals surface area contributed by atoms with Crippen molar-refractivity contribution in [2.75, 3.05) is 0 Å². The number of unbranched alkanes of at least 4 members (excludes halogenated alkanes) is 1. The van der Waals surface area contributed by atoms with Crippen LogP contribution < -0.4 is 0 Å². The van der Waals surface area contributed by atoms with Crippen molar-refractivity contribution in [2.24, 2.45) is 13.0 Å². The Morgan fingerprint density at radius 3 is 2.60 bits per heavy atom. The maximum absolute atomic E-state index is 9.87. The minimum absolute atomic E-state index is 0.342. The van der Waals surface area contributed by atoms with Crippen molar-refractivity contribution in [3.63, 3.8) is 0 Å². The minimum atomic E-state index is 0.342. The summed E-state index contributed by atoms with van der Waals surface area (Å²) >= 11 is 0. The van der Waals surface area contributed by atoms with Crippen LogP contribution in [-0.2, 0) is 19.9 Å². The molecule has 1 N–H and O–H groups in total. The average Bonchev–Trinajstić information content (AvgIpc) is 2.42. The Labute approximate surface area is 92.1 Å². The molecule has 0 atom stereocenters. The van der Waals surface area contributed by atoms with Gasteiger partial charge in [-0.15, -0.1) is 0 Å². The molecule has 0 spiro atoms. The highest BCUT2D eigenvalue weighted by atomic mass is 16.3. The lowest BCUT2D eigenvalue weighted by Gasteiger charge is -2.05. The predicted octanol–water partition coefficient (Wildman–Crippen LogP) is 2.67. The molecule has 3 nitrogen and oxygen atoms in total. The summed E-state index contributed by atoms with van der Waals surface area (Å²) < 4.78 is 1.59. The zero-order chi connectivity index (χ0) is 11.4. The van der Waals surface area contributed by atoms with Gasteiger partial charge in [-0.25, -0.2) is 4.68 Å². The molecular formula is C12H22N2O. The molecule has 1 aromatic rings. The molecule has 1 heterocycles. The Hall–Kier alpha value is -0.990. The maximum Gasteiger partial charge on any atom is 0.212 e. The molecule has 86 valence electrons. The first-order valence-corrected chi connectivity index (χ1v) is 5.80. The lowest BCUT2D eigenvalue weighted by atomic mass is 10.0.